The van der Waals surface area contributed by atoms with Crippen molar-refractivity contribution in [3.8, 4) is 0 Å². The SMILES string of the molecule is CCC(C)(C)c1ccc(C(Br)Cc2cccc(F)c2)cc1. The summed E-state index contributed by atoms with van der Waals surface area (Å²) in [6, 6.07) is 15.6. The molecule has 2 rings (SSSR count). The molecule has 0 nitrogen and oxygen atoms in total. The summed E-state index contributed by atoms with van der Waals surface area (Å²) in [7, 11) is 0. The van der Waals surface area contributed by atoms with Crippen molar-refractivity contribution in [2.75, 3.05) is 0 Å². The Hall–Kier alpha value is -1.15. The number of hydrogen-bond acceptors (Lipinski definition) is 0. The first-order valence-electron chi connectivity index (χ1n) is 7.41. The minimum absolute atomic E-state index is 0.174. The maximum atomic E-state index is 13.2. The molecule has 0 aliphatic heterocycles. The molecule has 0 heterocycles. The van der Waals surface area contributed by atoms with Gasteiger partial charge in [-0.05, 0) is 47.1 Å². The monoisotopic (exact) mass is 348 g/mol. The topological polar surface area (TPSA) is 0 Å². The Kier molecular flexibility index (Phi) is 5.21. The molecular weight excluding hydrogens is 327 g/mol. The van der Waals surface area contributed by atoms with Gasteiger partial charge >= 0.3 is 0 Å². The second-order valence-electron chi connectivity index (χ2n) is 6.16. The van der Waals surface area contributed by atoms with Gasteiger partial charge in [-0.2, -0.15) is 0 Å². The fourth-order valence-corrected chi connectivity index (χ4v) is 3.02. The summed E-state index contributed by atoms with van der Waals surface area (Å²) < 4.78 is 13.2. The van der Waals surface area contributed by atoms with E-state index in [1.165, 1.54) is 17.2 Å². The molecule has 0 radical (unpaired) electrons. The Balaban J connectivity index is 2.11. The summed E-state index contributed by atoms with van der Waals surface area (Å²) in [6.07, 6.45) is 1.90. The van der Waals surface area contributed by atoms with E-state index < -0.39 is 0 Å². The average molecular weight is 349 g/mol. The minimum Gasteiger partial charge on any atom is -0.207 e. The molecule has 112 valence electrons. The number of rotatable bonds is 5. The summed E-state index contributed by atoms with van der Waals surface area (Å²) in [5.74, 6) is -0.174. The maximum Gasteiger partial charge on any atom is 0.123 e. The summed E-state index contributed by atoms with van der Waals surface area (Å²) in [6.45, 7) is 6.74. The van der Waals surface area contributed by atoms with Gasteiger partial charge in [0, 0.05) is 4.83 Å². The number of halogens is 2. The van der Waals surface area contributed by atoms with Gasteiger partial charge in [-0.15, -0.1) is 0 Å². The Morgan fingerprint density at radius 3 is 2.33 bits per heavy atom. The van der Waals surface area contributed by atoms with E-state index in [2.05, 4.69) is 61.0 Å². The van der Waals surface area contributed by atoms with Gasteiger partial charge < -0.3 is 0 Å². The number of benzene rings is 2. The van der Waals surface area contributed by atoms with Crippen LogP contribution in [0.3, 0.4) is 0 Å². The Bertz CT molecular complexity index is 587. The van der Waals surface area contributed by atoms with Gasteiger partial charge in [-0.1, -0.05) is 73.1 Å². The zero-order valence-electron chi connectivity index (χ0n) is 12.9. The first kappa shape index (κ1) is 16.2. The van der Waals surface area contributed by atoms with E-state index in [9.17, 15) is 4.39 Å². The van der Waals surface area contributed by atoms with Gasteiger partial charge in [-0.3, -0.25) is 0 Å². The van der Waals surface area contributed by atoms with Crippen molar-refractivity contribution >= 4 is 15.9 Å². The van der Waals surface area contributed by atoms with Crippen LogP contribution in [0.5, 0.6) is 0 Å². The molecular formula is C19H22BrF. The van der Waals surface area contributed by atoms with Crippen LogP contribution < -0.4 is 0 Å². The number of alkyl halides is 1. The van der Waals surface area contributed by atoms with Gasteiger partial charge in [0.15, 0.2) is 0 Å². The molecule has 0 saturated heterocycles. The summed E-state index contributed by atoms with van der Waals surface area (Å²) in [5.41, 5.74) is 3.81. The third-order valence-electron chi connectivity index (χ3n) is 4.24. The third-order valence-corrected chi connectivity index (χ3v) is 5.09. The van der Waals surface area contributed by atoms with E-state index in [0.717, 1.165) is 18.4 Å². The van der Waals surface area contributed by atoms with Crippen LogP contribution >= 0.6 is 15.9 Å². The lowest BCUT2D eigenvalue weighted by atomic mass is 9.82. The lowest BCUT2D eigenvalue weighted by molar-refractivity contribution is 0.506. The summed E-state index contributed by atoms with van der Waals surface area (Å²) in [4.78, 5) is 0.207. The second kappa shape index (κ2) is 6.74. The molecule has 2 aromatic rings. The molecule has 0 aliphatic carbocycles. The largest absolute Gasteiger partial charge is 0.207 e. The Morgan fingerprint density at radius 2 is 1.76 bits per heavy atom. The highest BCUT2D eigenvalue weighted by molar-refractivity contribution is 9.09. The molecule has 0 bridgehead atoms. The van der Waals surface area contributed by atoms with Crippen molar-refractivity contribution in [2.45, 2.75) is 43.9 Å². The molecule has 1 atom stereocenters. The predicted molar refractivity (Wildman–Crippen MR) is 91.5 cm³/mol. The molecule has 1 unspecified atom stereocenters. The molecule has 0 aliphatic rings. The van der Waals surface area contributed by atoms with Crippen LogP contribution in [0.25, 0.3) is 0 Å². The maximum absolute atomic E-state index is 13.2. The number of hydrogen-bond donors (Lipinski definition) is 0. The standard InChI is InChI=1S/C19H22BrF/c1-4-19(2,3)16-10-8-15(9-11-16)18(20)13-14-6-5-7-17(21)12-14/h5-12,18H,4,13H2,1-3H3. The molecule has 0 amide bonds. The quantitative estimate of drug-likeness (QED) is 0.565. The Labute approximate surface area is 135 Å². The first-order valence-corrected chi connectivity index (χ1v) is 8.33. The van der Waals surface area contributed by atoms with Crippen molar-refractivity contribution in [1.29, 1.82) is 0 Å². The molecule has 2 aromatic carbocycles. The van der Waals surface area contributed by atoms with Crippen molar-refractivity contribution in [3.05, 3.63) is 71.0 Å². The lowest BCUT2D eigenvalue weighted by Gasteiger charge is -2.24. The van der Waals surface area contributed by atoms with E-state index in [1.54, 1.807) is 12.1 Å². The summed E-state index contributed by atoms with van der Waals surface area (Å²) >= 11 is 3.72. The zero-order chi connectivity index (χ0) is 15.5. The molecule has 0 spiro atoms. The Morgan fingerprint density at radius 1 is 1.10 bits per heavy atom. The molecule has 2 heteroatoms. The highest BCUT2D eigenvalue weighted by atomic mass is 79.9. The molecule has 0 fully saturated rings. The summed E-state index contributed by atoms with van der Waals surface area (Å²) in [5, 5.41) is 0. The smallest absolute Gasteiger partial charge is 0.123 e. The van der Waals surface area contributed by atoms with Crippen LogP contribution in [0.15, 0.2) is 48.5 Å². The lowest BCUT2D eigenvalue weighted by Crippen LogP contribution is -2.15. The zero-order valence-corrected chi connectivity index (χ0v) is 14.5. The van der Waals surface area contributed by atoms with E-state index >= 15 is 0 Å². The van der Waals surface area contributed by atoms with Gasteiger partial charge in [0.25, 0.3) is 0 Å². The highest BCUT2D eigenvalue weighted by Crippen LogP contribution is 2.31. The van der Waals surface area contributed by atoms with E-state index in [4.69, 9.17) is 0 Å². The second-order valence-corrected chi connectivity index (χ2v) is 7.27. The van der Waals surface area contributed by atoms with Crippen LogP contribution in [0.4, 0.5) is 4.39 Å². The molecule has 0 N–H and O–H groups in total. The van der Waals surface area contributed by atoms with Crippen molar-refractivity contribution in [1.82, 2.24) is 0 Å². The first-order chi connectivity index (χ1) is 9.92. The van der Waals surface area contributed by atoms with Gasteiger partial charge in [0.2, 0.25) is 0 Å². The van der Waals surface area contributed by atoms with Gasteiger partial charge in [0.1, 0.15) is 5.82 Å². The normalized spacial score (nSPS) is 13.2. The molecule has 0 saturated carbocycles. The fraction of sp³-hybridized carbons (Fsp3) is 0.368. The van der Waals surface area contributed by atoms with Crippen LogP contribution in [0.1, 0.15) is 48.7 Å². The van der Waals surface area contributed by atoms with E-state index in [1.807, 2.05) is 6.07 Å². The third kappa shape index (κ3) is 4.16. The predicted octanol–water partition coefficient (Wildman–Crippen LogP) is 6.19. The van der Waals surface area contributed by atoms with E-state index in [-0.39, 0.29) is 16.1 Å². The molecule has 21 heavy (non-hydrogen) atoms. The minimum atomic E-state index is -0.174. The highest BCUT2D eigenvalue weighted by Gasteiger charge is 2.18. The molecule has 0 aromatic heterocycles. The van der Waals surface area contributed by atoms with Crippen molar-refractivity contribution in [2.24, 2.45) is 0 Å². The van der Waals surface area contributed by atoms with Gasteiger partial charge in [0.05, 0.1) is 0 Å². The fourth-order valence-electron chi connectivity index (χ4n) is 2.34. The van der Waals surface area contributed by atoms with Crippen molar-refractivity contribution in [3.63, 3.8) is 0 Å². The van der Waals surface area contributed by atoms with Crippen LogP contribution in [0, 0.1) is 5.82 Å². The van der Waals surface area contributed by atoms with Crippen LogP contribution in [-0.4, -0.2) is 0 Å². The van der Waals surface area contributed by atoms with Gasteiger partial charge in [-0.25, -0.2) is 4.39 Å². The van der Waals surface area contributed by atoms with Crippen LogP contribution in [-0.2, 0) is 11.8 Å². The average Bonchev–Trinajstić information content (AvgIpc) is 2.47. The van der Waals surface area contributed by atoms with Crippen LogP contribution in [0.2, 0.25) is 0 Å². The van der Waals surface area contributed by atoms with Crippen molar-refractivity contribution < 1.29 is 4.39 Å². The van der Waals surface area contributed by atoms with E-state index in [0.29, 0.717) is 0 Å².